The fourth-order valence-corrected chi connectivity index (χ4v) is 1.12. The normalized spacial score (nSPS) is 10.2. The number of aromatic nitrogens is 1. The average Bonchev–Trinajstić information content (AvgIpc) is 2.07. The minimum atomic E-state index is 0.364. The van der Waals surface area contributed by atoms with E-state index in [9.17, 15) is 0 Å². The Kier molecular flexibility index (Phi) is 5.36. The van der Waals surface area contributed by atoms with Crippen LogP contribution < -0.4 is 0 Å². The van der Waals surface area contributed by atoms with Crippen LogP contribution in [0.2, 0.25) is 0 Å². The van der Waals surface area contributed by atoms with E-state index < -0.39 is 0 Å². The molecule has 74 valence electrons. The second-order valence-electron chi connectivity index (χ2n) is 4.10. The van der Waals surface area contributed by atoms with Gasteiger partial charge in [-0.3, -0.25) is 4.98 Å². The van der Waals surface area contributed by atoms with Gasteiger partial charge in [-0.05, 0) is 23.5 Å². The van der Waals surface area contributed by atoms with Crippen LogP contribution in [0.5, 0.6) is 0 Å². The molecular formula is C12H21N. The predicted molar refractivity (Wildman–Crippen MR) is 58.7 cm³/mol. The van der Waals surface area contributed by atoms with Crippen LogP contribution in [-0.2, 0) is 6.42 Å². The molecule has 0 fully saturated rings. The molecule has 1 aromatic rings. The lowest BCUT2D eigenvalue weighted by Crippen LogP contribution is -2.08. The Labute approximate surface area is 82.2 Å². The molecule has 0 aliphatic carbocycles. The van der Waals surface area contributed by atoms with Crippen molar-refractivity contribution in [3.63, 3.8) is 0 Å². The standard InChI is InChI=1S/C10H15N.C2H6/c1-10(2,3)7-9-5-4-6-11-8-9;1-2/h4-6,8H,7H2,1-3H3;1-2H3. The summed E-state index contributed by atoms with van der Waals surface area (Å²) in [7, 11) is 0. The fourth-order valence-electron chi connectivity index (χ4n) is 1.12. The van der Waals surface area contributed by atoms with E-state index >= 15 is 0 Å². The van der Waals surface area contributed by atoms with E-state index in [1.165, 1.54) is 5.56 Å². The number of pyridine rings is 1. The van der Waals surface area contributed by atoms with Crippen molar-refractivity contribution >= 4 is 0 Å². The van der Waals surface area contributed by atoms with Crippen molar-refractivity contribution in [2.24, 2.45) is 5.41 Å². The minimum Gasteiger partial charge on any atom is -0.264 e. The summed E-state index contributed by atoms with van der Waals surface area (Å²) in [6, 6.07) is 4.11. The predicted octanol–water partition coefficient (Wildman–Crippen LogP) is 3.70. The van der Waals surface area contributed by atoms with Gasteiger partial charge in [0.25, 0.3) is 0 Å². The molecule has 0 atom stereocenters. The van der Waals surface area contributed by atoms with Crippen molar-refractivity contribution in [2.45, 2.75) is 41.0 Å². The molecule has 0 saturated heterocycles. The van der Waals surface area contributed by atoms with E-state index in [1.807, 2.05) is 32.3 Å². The van der Waals surface area contributed by atoms with Gasteiger partial charge in [0, 0.05) is 12.4 Å². The molecule has 0 aliphatic heterocycles. The van der Waals surface area contributed by atoms with Gasteiger partial charge in [-0.25, -0.2) is 0 Å². The molecule has 1 nitrogen and oxygen atoms in total. The minimum absolute atomic E-state index is 0.364. The first-order valence-corrected chi connectivity index (χ1v) is 4.97. The number of hydrogen-bond donors (Lipinski definition) is 0. The smallest absolute Gasteiger partial charge is 0.0300 e. The maximum Gasteiger partial charge on any atom is 0.0300 e. The Bertz CT molecular complexity index is 208. The van der Waals surface area contributed by atoms with Gasteiger partial charge in [-0.1, -0.05) is 40.7 Å². The molecule has 1 rings (SSSR count). The Morgan fingerprint density at radius 2 is 1.85 bits per heavy atom. The van der Waals surface area contributed by atoms with Crippen LogP contribution >= 0.6 is 0 Å². The first-order chi connectivity index (χ1) is 6.08. The van der Waals surface area contributed by atoms with Gasteiger partial charge >= 0.3 is 0 Å². The molecule has 0 N–H and O–H groups in total. The van der Waals surface area contributed by atoms with Gasteiger partial charge in [0.15, 0.2) is 0 Å². The first kappa shape index (κ1) is 12.2. The third-order valence-corrected chi connectivity index (χ3v) is 1.46. The summed E-state index contributed by atoms with van der Waals surface area (Å²) in [5.41, 5.74) is 1.68. The second-order valence-corrected chi connectivity index (χ2v) is 4.10. The topological polar surface area (TPSA) is 12.9 Å². The van der Waals surface area contributed by atoms with Crippen LogP contribution in [0.3, 0.4) is 0 Å². The maximum absolute atomic E-state index is 4.07. The highest BCUT2D eigenvalue weighted by Gasteiger charge is 2.10. The summed E-state index contributed by atoms with van der Waals surface area (Å²) in [6.45, 7) is 10.7. The van der Waals surface area contributed by atoms with Gasteiger partial charge in [-0.15, -0.1) is 0 Å². The van der Waals surface area contributed by atoms with Crippen LogP contribution in [-0.4, -0.2) is 4.98 Å². The maximum atomic E-state index is 4.07. The molecule has 0 bridgehead atoms. The van der Waals surface area contributed by atoms with Crippen LogP contribution in [0.25, 0.3) is 0 Å². The SMILES string of the molecule is CC.CC(C)(C)Cc1cccnc1. The Morgan fingerprint density at radius 1 is 1.23 bits per heavy atom. The fraction of sp³-hybridized carbons (Fsp3) is 0.583. The monoisotopic (exact) mass is 179 g/mol. The number of rotatable bonds is 1. The highest BCUT2D eigenvalue weighted by atomic mass is 14.6. The molecule has 0 unspecified atom stereocenters. The van der Waals surface area contributed by atoms with E-state index in [1.54, 1.807) is 0 Å². The molecule has 1 aromatic heterocycles. The highest BCUT2D eigenvalue weighted by Crippen LogP contribution is 2.19. The molecular weight excluding hydrogens is 158 g/mol. The van der Waals surface area contributed by atoms with E-state index in [4.69, 9.17) is 0 Å². The lowest BCUT2D eigenvalue weighted by Gasteiger charge is -2.17. The average molecular weight is 179 g/mol. The lowest BCUT2D eigenvalue weighted by atomic mass is 9.89. The summed E-state index contributed by atoms with van der Waals surface area (Å²) in [6.07, 6.45) is 4.85. The largest absolute Gasteiger partial charge is 0.264 e. The van der Waals surface area contributed by atoms with E-state index in [0.29, 0.717) is 5.41 Å². The molecule has 0 aliphatic rings. The molecule has 1 heteroatoms. The summed E-state index contributed by atoms with van der Waals surface area (Å²) in [5.74, 6) is 0. The van der Waals surface area contributed by atoms with Crippen LogP contribution in [0.15, 0.2) is 24.5 Å². The second kappa shape index (κ2) is 5.74. The quantitative estimate of drug-likeness (QED) is 0.640. The van der Waals surface area contributed by atoms with Crippen molar-refractivity contribution in [1.29, 1.82) is 0 Å². The number of hydrogen-bond acceptors (Lipinski definition) is 1. The first-order valence-electron chi connectivity index (χ1n) is 4.97. The summed E-state index contributed by atoms with van der Waals surface area (Å²) >= 11 is 0. The zero-order valence-electron chi connectivity index (χ0n) is 9.46. The van der Waals surface area contributed by atoms with Gasteiger partial charge in [0.05, 0.1) is 0 Å². The van der Waals surface area contributed by atoms with Crippen molar-refractivity contribution < 1.29 is 0 Å². The summed E-state index contributed by atoms with van der Waals surface area (Å²) in [5, 5.41) is 0. The molecule has 13 heavy (non-hydrogen) atoms. The molecule has 0 spiro atoms. The van der Waals surface area contributed by atoms with Crippen molar-refractivity contribution in [1.82, 2.24) is 4.98 Å². The van der Waals surface area contributed by atoms with Crippen LogP contribution in [0, 0.1) is 5.41 Å². The van der Waals surface area contributed by atoms with Crippen LogP contribution in [0.4, 0.5) is 0 Å². The molecule has 1 heterocycles. The molecule has 0 aromatic carbocycles. The highest BCUT2D eigenvalue weighted by molar-refractivity contribution is 5.09. The van der Waals surface area contributed by atoms with E-state index in [-0.39, 0.29) is 0 Å². The molecule has 0 radical (unpaired) electrons. The molecule has 0 amide bonds. The van der Waals surface area contributed by atoms with Crippen LogP contribution in [0.1, 0.15) is 40.2 Å². The third-order valence-electron chi connectivity index (χ3n) is 1.46. The van der Waals surface area contributed by atoms with Gasteiger partial charge in [0.1, 0.15) is 0 Å². The number of nitrogens with zero attached hydrogens (tertiary/aromatic N) is 1. The Morgan fingerprint density at radius 3 is 2.23 bits per heavy atom. The zero-order valence-corrected chi connectivity index (χ0v) is 9.46. The lowest BCUT2D eigenvalue weighted by molar-refractivity contribution is 0.411. The van der Waals surface area contributed by atoms with E-state index in [2.05, 4.69) is 31.8 Å². The van der Waals surface area contributed by atoms with Gasteiger partial charge in [0.2, 0.25) is 0 Å². The van der Waals surface area contributed by atoms with Crippen molar-refractivity contribution in [3.05, 3.63) is 30.1 Å². The Balaban J connectivity index is 0.000000671. The third kappa shape index (κ3) is 6.32. The van der Waals surface area contributed by atoms with Crippen molar-refractivity contribution in [3.8, 4) is 0 Å². The summed E-state index contributed by atoms with van der Waals surface area (Å²) in [4.78, 5) is 4.07. The summed E-state index contributed by atoms with van der Waals surface area (Å²) < 4.78 is 0. The Hall–Kier alpha value is -0.850. The van der Waals surface area contributed by atoms with Crippen molar-refractivity contribution in [2.75, 3.05) is 0 Å². The van der Waals surface area contributed by atoms with Gasteiger partial charge < -0.3 is 0 Å². The van der Waals surface area contributed by atoms with E-state index in [0.717, 1.165) is 6.42 Å². The molecule has 0 saturated carbocycles. The zero-order chi connectivity index (χ0) is 10.3. The van der Waals surface area contributed by atoms with Gasteiger partial charge in [-0.2, -0.15) is 0 Å².